The van der Waals surface area contributed by atoms with Crippen molar-refractivity contribution in [1.29, 1.82) is 0 Å². The molecule has 25 heavy (non-hydrogen) atoms. The van der Waals surface area contributed by atoms with Gasteiger partial charge in [-0.15, -0.1) is 16.2 Å². The number of thiophene rings is 1. The van der Waals surface area contributed by atoms with Gasteiger partial charge < -0.3 is 0 Å². The van der Waals surface area contributed by atoms with Crippen LogP contribution in [0.2, 0.25) is 5.02 Å². The Morgan fingerprint density at radius 2 is 1.92 bits per heavy atom. The first kappa shape index (κ1) is 18.4. The van der Waals surface area contributed by atoms with Crippen molar-refractivity contribution >= 4 is 38.9 Å². The summed E-state index contributed by atoms with van der Waals surface area (Å²) in [7, 11) is -3.87. The van der Waals surface area contributed by atoms with Crippen LogP contribution in [0.25, 0.3) is 0 Å². The molecule has 2 aromatic rings. The first-order valence-electron chi connectivity index (χ1n) is 8.07. The summed E-state index contributed by atoms with van der Waals surface area (Å²) >= 11 is 7.41. The van der Waals surface area contributed by atoms with Crippen molar-refractivity contribution in [3.8, 4) is 0 Å². The zero-order chi connectivity index (χ0) is 18.0. The number of benzene rings is 1. The largest absolute Gasteiger partial charge is 0.276 e. The van der Waals surface area contributed by atoms with E-state index in [1.54, 1.807) is 13.0 Å². The molecule has 3 rings (SSSR count). The zero-order valence-corrected chi connectivity index (χ0v) is 16.2. The number of hydrogen-bond acceptors (Lipinski definition) is 4. The van der Waals surface area contributed by atoms with E-state index in [4.69, 9.17) is 11.6 Å². The predicted octanol–water partition coefficient (Wildman–Crippen LogP) is 3.60. The number of halogens is 1. The van der Waals surface area contributed by atoms with Crippen LogP contribution >= 0.6 is 22.9 Å². The second-order valence-electron chi connectivity index (χ2n) is 6.09. The van der Waals surface area contributed by atoms with Crippen LogP contribution in [0.4, 0.5) is 0 Å². The minimum atomic E-state index is -3.87. The lowest BCUT2D eigenvalue weighted by Crippen LogP contribution is -2.41. The first-order chi connectivity index (χ1) is 11.9. The van der Waals surface area contributed by atoms with E-state index in [1.807, 2.05) is 6.07 Å². The highest BCUT2D eigenvalue weighted by Gasteiger charge is 2.19. The highest BCUT2D eigenvalue weighted by atomic mass is 35.5. The Labute approximate surface area is 156 Å². The molecule has 0 radical (unpaired) electrons. The Bertz CT molecular complexity index is 883. The Morgan fingerprint density at radius 3 is 2.68 bits per heavy atom. The van der Waals surface area contributed by atoms with E-state index in [9.17, 15) is 13.2 Å². The van der Waals surface area contributed by atoms with Crippen LogP contribution in [0, 0.1) is 6.92 Å². The number of amides is 1. The van der Waals surface area contributed by atoms with Crippen molar-refractivity contribution in [2.75, 3.05) is 0 Å². The molecule has 1 amide bonds. The molecule has 2 N–H and O–H groups in total. The van der Waals surface area contributed by atoms with Crippen molar-refractivity contribution in [2.45, 2.75) is 43.9 Å². The number of carbonyl (C=O) groups is 1. The molecule has 1 aliphatic carbocycles. The Hall–Kier alpha value is -1.41. The van der Waals surface area contributed by atoms with E-state index in [0.717, 1.165) is 31.2 Å². The molecule has 0 aliphatic heterocycles. The summed E-state index contributed by atoms with van der Waals surface area (Å²) in [6, 6.07) is 6.30. The number of rotatable bonds is 4. The normalized spacial score (nSPS) is 14.6. The van der Waals surface area contributed by atoms with Gasteiger partial charge in [0.05, 0.1) is 9.77 Å². The predicted molar refractivity (Wildman–Crippen MR) is 99.6 cm³/mol. The number of hydrazine groups is 1. The summed E-state index contributed by atoms with van der Waals surface area (Å²) in [5.74, 6) is -0.445. The van der Waals surface area contributed by atoms with Gasteiger partial charge in [0.2, 0.25) is 0 Å². The van der Waals surface area contributed by atoms with Gasteiger partial charge in [-0.05, 0) is 61.9 Å². The minimum absolute atomic E-state index is 0.00496. The van der Waals surface area contributed by atoms with Crippen LogP contribution in [0.3, 0.4) is 0 Å². The van der Waals surface area contributed by atoms with Gasteiger partial charge in [0.15, 0.2) is 0 Å². The molecule has 0 unspecified atom stereocenters. The Morgan fingerprint density at radius 1 is 1.16 bits per heavy atom. The molecule has 0 saturated heterocycles. The number of nitrogens with one attached hydrogen (secondary N) is 2. The van der Waals surface area contributed by atoms with Crippen LogP contribution in [0.15, 0.2) is 29.2 Å². The standard InChI is InChI=1S/C17H19ClN2O3S2/c1-11-7-8-13(10-14(11)18)25(22,23)20-19-17(21)16-9-12-5-3-2-4-6-15(12)24-16/h7-10,20H,2-6H2,1H3,(H,19,21). The molecule has 1 heterocycles. The fraction of sp³-hybridized carbons (Fsp3) is 0.353. The highest BCUT2D eigenvalue weighted by molar-refractivity contribution is 7.89. The third kappa shape index (κ3) is 4.23. The van der Waals surface area contributed by atoms with E-state index < -0.39 is 15.9 Å². The monoisotopic (exact) mass is 398 g/mol. The van der Waals surface area contributed by atoms with Crippen LogP contribution < -0.4 is 10.3 Å². The van der Waals surface area contributed by atoms with E-state index in [-0.39, 0.29) is 4.90 Å². The lowest BCUT2D eigenvalue weighted by molar-refractivity contribution is 0.0949. The lowest BCUT2D eigenvalue weighted by atomic mass is 10.1. The summed E-state index contributed by atoms with van der Waals surface area (Å²) < 4.78 is 24.6. The molecular formula is C17H19ClN2O3S2. The van der Waals surface area contributed by atoms with Gasteiger partial charge in [0.25, 0.3) is 15.9 Å². The van der Waals surface area contributed by atoms with Crippen molar-refractivity contribution in [2.24, 2.45) is 0 Å². The topological polar surface area (TPSA) is 75.3 Å². The average Bonchev–Trinajstić information content (AvgIpc) is 2.86. The summed E-state index contributed by atoms with van der Waals surface area (Å²) in [6.07, 6.45) is 5.44. The maximum absolute atomic E-state index is 12.3. The molecule has 0 saturated carbocycles. The molecule has 8 heteroatoms. The molecule has 5 nitrogen and oxygen atoms in total. The zero-order valence-electron chi connectivity index (χ0n) is 13.8. The fourth-order valence-corrected chi connectivity index (χ4v) is 5.01. The third-order valence-corrected chi connectivity index (χ3v) is 7.11. The molecule has 0 spiro atoms. The first-order valence-corrected chi connectivity index (χ1v) is 10.7. The minimum Gasteiger partial charge on any atom is -0.273 e. The van der Waals surface area contributed by atoms with Gasteiger partial charge in [-0.2, -0.15) is 0 Å². The van der Waals surface area contributed by atoms with Crippen molar-refractivity contribution in [3.05, 3.63) is 50.2 Å². The van der Waals surface area contributed by atoms with Crippen molar-refractivity contribution in [3.63, 3.8) is 0 Å². The summed E-state index contributed by atoms with van der Waals surface area (Å²) in [5.41, 5.74) is 4.28. The number of carbonyl (C=O) groups excluding carboxylic acids is 1. The van der Waals surface area contributed by atoms with Crippen LogP contribution in [0.1, 0.15) is 44.9 Å². The maximum Gasteiger partial charge on any atom is 0.276 e. The van der Waals surface area contributed by atoms with Crippen LogP contribution in [-0.4, -0.2) is 14.3 Å². The van der Waals surface area contributed by atoms with Gasteiger partial charge in [-0.3, -0.25) is 10.2 Å². The van der Waals surface area contributed by atoms with Gasteiger partial charge in [-0.1, -0.05) is 24.1 Å². The molecule has 0 fully saturated rings. The van der Waals surface area contributed by atoms with Crippen LogP contribution in [0.5, 0.6) is 0 Å². The molecule has 0 bridgehead atoms. The van der Waals surface area contributed by atoms with Gasteiger partial charge >= 0.3 is 0 Å². The molecule has 1 aliphatic rings. The number of hydrogen-bond donors (Lipinski definition) is 2. The Kier molecular flexibility index (Phi) is 5.48. The fourth-order valence-electron chi connectivity index (χ4n) is 2.75. The number of sulfonamides is 1. The number of fused-ring (bicyclic) bond motifs is 1. The SMILES string of the molecule is Cc1ccc(S(=O)(=O)NNC(=O)c2cc3c(s2)CCCCC3)cc1Cl. The molecular weight excluding hydrogens is 380 g/mol. The molecule has 1 aromatic heterocycles. The molecule has 0 atom stereocenters. The third-order valence-electron chi connectivity index (χ3n) is 4.22. The van der Waals surface area contributed by atoms with Gasteiger partial charge in [0, 0.05) is 9.90 Å². The smallest absolute Gasteiger partial charge is 0.273 e. The average molecular weight is 399 g/mol. The summed E-state index contributed by atoms with van der Waals surface area (Å²) in [5, 5.41) is 0.358. The van der Waals surface area contributed by atoms with E-state index in [1.165, 1.54) is 40.3 Å². The maximum atomic E-state index is 12.3. The van der Waals surface area contributed by atoms with E-state index in [2.05, 4.69) is 10.3 Å². The second kappa shape index (κ2) is 7.45. The van der Waals surface area contributed by atoms with Crippen molar-refractivity contribution in [1.82, 2.24) is 10.3 Å². The van der Waals surface area contributed by atoms with Gasteiger partial charge in [-0.25, -0.2) is 8.42 Å². The van der Waals surface area contributed by atoms with Crippen molar-refractivity contribution < 1.29 is 13.2 Å². The quantitative estimate of drug-likeness (QED) is 0.610. The Balaban J connectivity index is 1.70. The lowest BCUT2D eigenvalue weighted by Gasteiger charge is -2.08. The number of aryl methyl sites for hydroxylation is 3. The van der Waals surface area contributed by atoms with E-state index in [0.29, 0.717) is 9.90 Å². The van der Waals surface area contributed by atoms with Crippen LogP contribution in [-0.2, 0) is 22.9 Å². The summed E-state index contributed by atoms with van der Waals surface area (Å²) in [4.78, 5) is 16.2. The van der Waals surface area contributed by atoms with Gasteiger partial charge in [0.1, 0.15) is 0 Å². The molecule has 134 valence electrons. The second-order valence-corrected chi connectivity index (χ2v) is 9.32. The molecule has 1 aromatic carbocycles. The highest BCUT2D eigenvalue weighted by Crippen LogP contribution is 2.29. The van der Waals surface area contributed by atoms with E-state index >= 15 is 0 Å². The summed E-state index contributed by atoms with van der Waals surface area (Å²) in [6.45, 7) is 1.79.